The van der Waals surface area contributed by atoms with E-state index in [9.17, 15) is 0 Å². The molecule has 2 fully saturated rings. The summed E-state index contributed by atoms with van der Waals surface area (Å²) >= 11 is 2.01. The Bertz CT molecular complexity index is 453. The quantitative estimate of drug-likeness (QED) is 0.870. The maximum absolute atomic E-state index is 4.71. The first kappa shape index (κ1) is 14.0. The molecular formula is C15H24N4S. The minimum atomic E-state index is 0.574. The summed E-state index contributed by atoms with van der Waals surface area (Å²) in [5.41, 5.74) is 0. The molecule has 4 nitrogen and oxygen atoms in total. The van der Waals surface area contributed by atoms with Gasteiger partial charge in [-0.05, 0) is 44.8 Å². The Hall–Kier alpha value is -0.970. The van der Waals surface area contributed by atoms with Gasteiger partial charge in [-0.3, -0.25) is 0 Å². The molecule has 0 spiro atoms. The minimum Gasteiger partial charge on any atom is -0.373 e. The van der Waals surface area contributed by atoms with Gasteiger partial charge in [-0.1, -0.05) is 0 Å². The van der Waals surface area contributed by atoms with Crippen molar-refractivity contribution in [3.63, 3.8) is 0 Å². The predicted molar refractivity (Wildman–Crippen MR) is 86.7 cm³/mol. The molecule has 0 bridgehead atoms. The van der Waals surface area contributed by atoms with Crippen LogP contribution >= 0.6 is 11.8 Å². The van der Waals surface area contributed by atoms with Gasteiger partial charge in [0.2, 0.25) is 0 Å². The summed E-state index contributed by atoms with van der Waals surface area (Å²) in [6, 6.07) is 2.61. The number of anilines is 2. The first-order valence-electron chi connectivity index (χ1n) is 7.64. The SMILES string of the molecule is CNc1cc(NC2CCC(SC)CC2)nc(C2CC2)n1. The Morgan fingerprint density at radius 2 is 1.75 bits per heavy atom. The van der Waals surface area contributed by atoms with Gasteiger partial charge in [-0.15, -0.1) is 0 Å². The first-order valence-corrected chi connectivity index (χ1v) is 8.93. The molecule has 2 aliphatic carbocycles. The van der Waals surface area contributed by atoms with Crippen LogP contribution in [0.15, 0.2) is 6.07 Å². The van der Waals surface area contributed by atoms with Crippen LogP contribution in [-0.4, -0.2) is 34.6 Å². The van der Waals surface area contributed by atoms with Crippen molar-refractivity contribution in [2.24, 2.45) is 0 Å². The highest BCUT2D eigenvalue weighted by Gasteiger charge is 2.28. The number of nitrogens with one attached hydrogen (secondary N) is 2. The number of hydrogen-bond acceptors (Lipinski definition) is 5. The lowest BCUT2D eigenvalue weighted by atomic mass is 9.95. The van der Waals surface area contributed by atoms with Crippen LogP contribution in [-0.2, 0) is 0 Å². The third kappa shape index (κ3) is 3.37. The highest BCUT2D eigenvalue weighted by atomic mass is 32.2. The largest absolute Gasteiger partial charge is 0.373 e. The van der Waals surface area contributed by atoms with E-state index in [4.69, 9.17) is 4.98 Å². The van der Waals surface area contributed by atoms with Crippen LogP contribution in [0.5, 0.6) is 0 Å². The molecule has 5 heteroatoms. The monoisotopic (exact) mass is 292 g/mol. The second-order valence-electron chi connectivity index (χ2n) is 5.87. The van der Waals surface area contributed by atoms with Gasteiger partial charge in [0.05, 0.1) is 0 Å². The van der Waals surface area contributed by atoms with Crippen LogP contribution in [0.4, 0.5) is 11.6 Å². The van der Waals surface area contributed by atoms with Gasteiger partial charge in [0.25, 0.3) is 0 Å². The average Bonchev–Trinajstić information content (AvgIpc) is 3.32. The lowest BCUT2D eigenvalue weighted by Gasteiger charge is -2.28. The molecule has 2 saturated carbocycles. The standard InChI is InChI=1S/C15H24N4S/c1-16-13-9-14(19-15(18-13)10-3-4-10)17-11-5-7-12(20-2)8-6-11/h9-12H,3-8H2,1-2H3,(H2,16,17,18,19). The number of rotatable bonds is 5. The van der Waals surface area contributed by atoms with Crippen molar-refractivity contribution in [3.05, 3.63) is 11.9 Å². The fraction of sp³-hybridized carbons (Fsp3) is 0.733. The molecule has 2 N–H and O–H groups in total. The topological polar surface area (TPSA) is 49.8 Å². The Labute approximate surface area is 125 Å². The van der Waals surface area contributed by atoms with E-state index in [2.05, 4.69) is 21.9 Å². The van der Waals surface area contributed by atoms with Crippen molar-refractivity contribution < 1.29 is 0 Å². The van der Waals surface area contributed by atoms with Crippen molar-refractivity contribution in [2.75, 3.05) is 23.9 Å². The summed E-state index contributed by atoms with van der Waals surface area (Å²) in [5, 5.41) is 7.63. The lowest BCUT2D eigenvalue weighted by molar-refractivity contribution is 0.472. The van der Waals surface area contributed by atoms with E-state index >= 15 is 0 Å². The van der Waals surface area contributed by atoms with Crippen molar-refractivity contribution in [2.45, 2.75) is 55.7 Å². The molecule has 1 aromatic heterocycles. The van der Waals surface area contributed by atoms with E-state index in [1.165, 1.54) is 38.5 Å². The molecule has 20 heavy (non-hydrogen) atoms. The number of aromatic nitrogens is 2. The zero-order chi connectivity index (χ0) is 13.9. The Morgan fingerprint density at radius 3 is 2.35 bits per heavy atom. The summed E-state index contributed by atoms with van der Waals surface area (Å²) in [5.74, 6) is 3.54. The summed E-state index contributed by atoms with van der Waals surface area (Å²) in [6.45, 7) is 0. The van der Waals surface area contributed by atoms with Gasteiger partial charge < -0.3 is 10.6 Å². The van der Waals surface area contributed by atoms with Crippen molar-refractivity contribution in [1.29, 1.82) is 0 Å². The Morgan fingerprint density at radius 1 is 1.05 bits per heavy atom. The van der Waals surface area contributed by atoms with Crippen LogP contribution in [0.25, 0.3) is 0 Å². The van der Waals surface area contributed by atoms with Crippen LogP contribution in [0.3, 0.4) is 0 Å². The van der Waals surface area contributed by atoms with E-state index in [-0.39, 0.29) is 0 Å². The van der Waals surface area contributed by atoms with Crippen molar-refractivity contribution in [1.82, 2.24) is 9.97 Å². The van der Waals surface area contributed by atoms with E-state index in [1.54, 1.807) is 0 Å². The summed E-state index contributed by atoms with van der Waals surface area (Å²) in [6.07, 6.45) is 9.85. The predicted octanol–water partition coefficient (Wildman–Crippen LogP) is 3.48. The molecule has 110 valence electrons. The molecule has 1 aromatic rings. The molecule has 2 aliphatic rings. The van der Waals surface area contributed by atoms with Crippen LogP contribution in [0, 0.1) is 0 Å². The second-order valence-corrected chi connectivity index (χ2v) is 7.01. The molecule has 0 unspecified atom stereocenters. The van der Waals surface area contributed by atoms with Gasteiger partial charge in [0.1, 0.15) is 17.5 Å². The van der Waals surface area contributed by atoms with Crippen LogP contribution < -0.4 is 10.6 Å². The van der Waals surface area contributed by atoms with E-state index < -0.39 is 0 Å². The molecule has 1 heterocycles. The fourth-order valence-corrected chi connectivity index (χ4v) is 3.59. The Balaban J connectivity index is 1.66. The third-order valence-electron chi connectivity index (χ3n) is 4.30. The molecular weight excluding hydrogens is 268 g/mol. The zero-order valence-corrected chi connectivity index (χ0v) is 13.2. The summed E-state index contributed by atoms with van der Waals surface area (Å²) < 4.78 is 0. The summed E-state index contributed by atoms with van der Waals surface area (Å²) in [7, 11) is 1.92. The zero-order valence-electron chi connectivity index (χ0n) is 12.4. The molecule has 0 radical (unpaired) electrons. The fourth-order valence-electron chi connectivity index (χ4n) is 2.84. The molecule has 0 aliphatic heterocycles. The first-order chi connectivity index (χ1) is 9.78. The molecule has 0 saturated heterocycles. The van der Waals surface area contributed by atoms with Gasteiger partial charge in [0.15, 0.2) is 0 Å². The number of hydrogen-bond donors (Lipinski definition) is 2. The van der Waals surface area contributed by atoms with Gasteiger partial charge >= 0.3 is 0 Å². The molecule has 3 rings (SSSR count). The highest BCUT2D eigenvalue weighted by Crippen LogP contribution is 2.39. The smallest absolute Gasteiger partial charge is 0.136 e. The maximum atomic E-state index is 4.71. The van der Waals surface area contributed by atoms with Crippen LogP contribution in [0.2, 0.25) is 0 Å². The van der Waals surface area contributed by atoms with E-state index in [0.717, 1.165) is 22.7 Å². The summed E-state index contributed by atoms with van der Waals surface area (Å²) in [4.78, 5) is 9.28. The van der Waals surface area contributed by atoms with E-state index in [1.807, 2.05) is 24.9 Å². The normalized spacial score (nSPS) is 26.3. The van der Waals surface area contributed by atoms with Gasteiger partial charge in [0, 0.05) is 30.3 Å². The van der Waals surface area contributed by atoms with E-state index in [0.29, 0.717) is 12.0 Å². The lowest BCUT2D eigenvalue weighted by Crippen LogP contribution is -2.27. The van der Waals surface area contributed by atoms with Crippen molar-refractivity contribution in [3.8, 4) is 0 Å². The Kier molecular flexibility index (Phi) is 4.34. The van der Waals surface area contributed by atoms with Gasteiger partial charge in [-0.2, -0.15) is 11.8 Å². The van der Waals surface area contributed by atoms with Gasteiger partial charge in [-0.25, -0.2) is 9.97 Å². The maximum Gasteiger partial charge on any atom is 0.136 e. The number of thioether (sulfide) groups is 1. The van der Waals surface area contributed by atoms with Crippen LogP contribution in [0.1, 0.15) is 50.3 Å². The molecule has 0 atom stereocenters. The minimum absolute atomic E-state index is 0.574. The average molecular weight is 292 g/mol. The highest BCUT2D eigenvalue weighted by molar-refractivity contribution is 7.99. The van der Waals surface area contributed by atoms with Crippen molar-refractivity contribution >= 4 is 23.4 Å². The molecule has 0 aromatic carbocycles. The third-order valence-corrected chi connectivity index (χ3v) is 5.44. The number of nitrogens with zero attached hydrogens (tertiary/aromatic N) is 2. The molecule has 0 amide bonds. The second kappa shape index (κ2) is 6.20.